The first-order valence-electron chi connectivity index (χ1n) is 8.44. The molecule has 1 heterocycles. The molecule has 1 aliphatic rings. The molecule has 1 amide bonds. The maximum absolute atomic E-state index is 12.7. The van der Waals surface area contributed by atoms with Crippen LogP contribution in [0.3, 0.4) is 0 Å². The summed E-state index contributed by atoms with van der Waals surface area (Å²) in [4.78, 5) is 16.7. The molecule has 0 bridgehead atoms. The van der Waals surface area contributed by atoms with E-state index in [4.69, 9.17) is 11.0 Å². The monoisotopic (exact) mass is 334 g/mol. The van der Waals surface area contributed by atoms with Crippen LogP contribution in [0, 0.1) is 18.3 Å². The molecule has 0 aliphatic carbocycles. The lowest BCUT2D eigenvalue weighted by Gasteiger charge is -2.37. The van der Waals surface area contributed by atoms with E-state index in [0.29, 0.717) is 18.7 Å². The number of rotatable bonds is 3. The van der Waals surface area contributed by atoms with Crippen molar-refractivity contribution in [3.63, 3.8) is 0 Å². The van der Waals surface area contributed by atoms with Crippen molar-refractivity contribution in [2.75, 3.05) is 31.1 Å². The van der Waals surface area contributed by atoms with Gasteiger partial charge in [-0.3, -0.25) is 4.79 Å². The van der Waals surface area contributed by atoms with Crippen LogP contribution < -0.4 is 10.6 Å². The zero-order valence-electron chi connectivity index (χ0n) is 14.4. The minimum atomic E-state index is -0.609. The molecular formula is C20H22N4O. The van der Waals surface area contributed by atoms with Crippen molar-refractivity contribution in [2.24, 2.45) is 5.73 Å². The lowest BCUT2D eigenvalue weighted by atomic mass is 10.0. The summed E-state index contributed by atoms with van der Waals surface area (Å²) in [6, 6.07) is 16.9. The Morgan fingerprint density at radius 3 is 2.20 bits per heavy atom. The molecule has 2 aromatic rings. The van der Waals surface area contributed by atoms with E-state index < -0.39 is 6.04 Å². The molecular weight excluding hydrogens is 312 g/mol. The van der Waals surface area contributed by atoms with Crippen molar-refractivity contribution in [3.05, 3.63) is 65.2 Å². The molecule has 1 fully saturated rings. The van der Waals surface area contributed by atoms with Gasteiger partial charge in [0.15, 0.2) is 0 Å². The zero-order chi connectivity index (χ0) is 17.8. The minimum Gasteiger partial charge on any atom is -0.368 e. The van der Waals surface area contributed by atoms with E-state index in [9.17, 15) is 4.79 Å². The van der Waals surface area contributed by atoms with Crippen molar-refractivity contribution in [1.82, 2.24) is 4.90 Å². The highest BCUT2D eigenvalue weighted by Crippen LogP contribution is 2.19. The fourth-order valence-electron chi connectivity index (χ4n) is 3.04. The first kappa shape index (κ1) is 17.0. The van der Waals surface area contributed by atoms with Gasteiger partial charge in [-0.15, -0.1) is 0 Å². The highest BCUT2D eigenvalue weighted by molar-refractivity contribution is 5.83. The predicted octanol–water partition coefficient (Wildman–Crippen LogP) is 2.22. The third-order valence-electron chi connectivity index (χ3n) is 4.66. The summed E-state index contributed by atoms with van der Waals surface area (Å²) >= 11 is 0. The van der Waals surface area contributed by atoms with Crippen molar-refractivity contribution < 1.29 is 4.79 Å². The number of anilines is 1. The third kappa shape index (κ3) is 3.81. The number of aryl methyl sites for hydroxylation is 1. The molecule has 2 N–H and O–H groups in total. The molecule has 1 unspecified atom stereocenters. The quantitative estimate of drug-likeness (QED) is 0.934. The number of piperazine rings is 1. The normalized spacial score (nSPS) is 15.6. The van der Waals surface area contributed by atoms with E-state index in [1.807, 2.05) is 60.4 Å². The average Bonchev–Trinajstić information content (AvgIpc) is 2.67. The molecule has 1 saturated heterocycles. The summed E-state index contributed by atoms with van der Waals surface area (Å²) in [6.45, 7) is 4.84. The number of nitrogens with two attached hydrogens (primary N) is 1. The van der Waals surface area contributed by atoms with Crippen LogP contribution in [0.1, 0.15) is 22.7 Å². The minimum absolute atomic E-state index is 0.0247. The Morgan fingerprint density at radius 2 is 1.64 bits per heavy atom. The Hall–Kier alpha value is -2.84. The second-order valence-corrected chi connectivity index (χ2v) is 6.36. The number of carbonyl (C=O) groups is 1. The smallest absolute Gasteiger partial charge is 0.244 e. The van der Waals surface area contributed by atoms with Crippen LogP contribution in [-0.4, -0.2) is 37.0 Å². The van der Waals surface area contributed by atoms with Gasteiger partial charge in [0.2, 0.25) is 5.91 Å². The molecule has 3 rings (SSSR count). The van der Waals surface area contributed by atoms with Gasteiger partial charge in [0, 0.05) is 31.9 Å². The van der Waals surface area contributed by atoms with Crippen LogP contribution in [-0.2, 0) is 4.79 Å². The van der Waals surface area contributed by atoms with Gasteiger partial charge in [0.05, 0.1) is 11.6 Å². The van der Waals surface area contributed by atoms with Gasteiger partial charge in [-0.25, -0.2) is 0 Å². The Labute approximate surface area is 148 Å². The van der Waals surface area contributed by atoms with Crippen molar-refractivity contribution in [2.45, 2.75) is 13.0 Å². The topological polar surface area (TPSA) is 73.4 Å². The van der Waals surface area contributed by atoms with Crippen molar-refractivity contribution in [1.29, 1.82) is 5.26 Å². The second-order valence-electron chi connectivity index (χ2n) is 6.36. The Kier molecular flexibility index (Phi) is 5.01. The fourth-order valence-corrected chi connectivity index (χ4v) is 3.04. The number of carbonyl (C=O) groups excluding carboxylic acids is 1. The van der Waals surface area contributed by atoms with Crippen LogP contribution >= 0.6 is 0 Å². The SMILES string of the molecule is Cc1ccc(C(N)C(=O)N2CCN(c3ccc(C#N)cc3)CC2)cc1. The maximum atomic E-state index is 12.7. The van der Waals surface area contributed by atoms with Gasteiger partial charge in [-0.05, 0) is 36.8 Å². The maximum Gasteiger partial charge on any atom is 0.244 e. The van der Waals surface area contributed by atoms with E-state index in [0.717, 1.165) is 29.9 Å². The summed E-state index contributed by atoms with van der Waals surface area (Å²) in [5.41, 5.74) is 9.90. The van der Waals surface area contributed by atoms with Gasteiger partial charge in [-0.1, -0.05) is 29.8 Å². The number of hydrogen-bond donors (Lipinski definition) is 1. The van der Waals surface area contributed by atoms with E-state index in [1.165, 1.54) is 0 Å². The van der Waals surface area contributed by atoms with Crippen LogP contribution in [0.4, 0.5) is 5.69 Å². The predicted molar refractivity (Wildman–Crippen MR) is 98.1 cm³/mol. The van der Waals surface area contributed by atoms with E-state index in [-0.39, 0.29) is 5.91 Å². The van der Waals surface area contributed by atoms with Crippen LogP contribution in [0.2, 0.25) is 0 Å². The van der Waals surface area contributed by atoms with Gasteiger partial charge >= 0.3 is 0 Å². The molecule has 2 aromatic carbocycles. The van der Waals surface area contributed by atoms with Crippen LogP contribution in [0.25, 0.3) is 0 Å². The lowest BCUT2D eigenvalue weighted by Crippen LogP contribution is -2.51. The van der Waals surface area contributed by atoms with Crippen LogP contribution in [0.5, 0.6) is 0 Å². The van der Waals surface area contributed by atoms with Crippen molar-refractivity contribution in [3.8, 4) is 6.07 Å². The largest absolute Gasteiger partial charge is 0.368 e. The number of nitriles is 1. The Balaban J connectivity index is 1.60. The molecule has 25 heavy (non-hydrogen) atoms. The van der Waals surface area contributed by atoms with Gasteiger partial charge in [-0.2, -0.15) is 5.26 Å². The molecule has 5 heteroatoms. The van der Waals surface area contributed by atoms with E-state index >= 15 is 0 Å². The molecule has 1 atom stereocenters. The first-order chi connectivity index (χ1) is 12.1. The highest BCUT2D eigenvalue weighted by atomic mass is 16.2. The summed E-state index contributed by atoms with van der Waals surface area (Å²) < 4.78 is 0. The number of hydrogen-bond acceptors (Lipinski definition) is 4. The number of benzene rings is 2. The number of nitrogens with zero attached hydrogens (tertiary/aromatic N) is 3. The van der Waals surface area contributed by atoms with Gasteiger partial charge < -0.3 is 15.5 Å². The fraction of sp³-hybridized carbons (Fsp3) is 0.300. The van der Waals surface area contributed by atoms with Gasteiger partial charge in [0.1, 0.15) is 6.04 Å². The lowest BCUT2D eigenvalue weighted by molar-refractivity contribution is -0.133. The second kappa shape index (κ2) is 7.37. The van der Waals surface area contributed by atoms with E-state index in [1.54, 1.807) is 0 Å². The average molecular weight is 334 g/mol. The molecule has 128 valence electrons. The standard InChI is InChI=1S/C20H22N4O/c1-15-2-6-17(7-3-15)19(22)20(25)24-12-10-23(11-13-24)18-8-4-16(14-21)5-9-18/h2-9,19H,10-13,22H2,1H3. The Morgan fingerprint density at radius 1 is 1.04 bits per heavy atom. The highest BCUT2D eigenvalue weighted by Gasteiger charge is 2.26. The molecule has 0 saturated carbocycles. The first-order valence-corrected chi connectivity index (χ1v) is 8.44. The van der Waals surface area contributed by atoms with Gasteiger partial charge in [0.25, 0.3) is 0 Å². The molecule has 1 aliphatic heterocycles. The summed E-state index contributed by atoms with van der Waals surface area (Å²) in [5.74, 6) is -0.0247. The Bertz CT molecular complexity index is 769. The van der Waals surface area contributed by atoms with E-state index in [2.05, 4.69) is 11.0 Å². The molecule has 0 spiro atoms. The summed E-state index contributed by atoms with van der Waals surface area (Å²) in [5, 5.41) is 8.88. The third-order valence-corrected chi connectivity index (χ3v) is 4.66. The molecule has 0 radical (unpaired) electrons. The summed E-state index contributed by atoms with van der Waals surface area (Å²) in [6.07, 6.45) is 0. The zero-order valence-corrected chi connectivity index (χ0v) is 14.4. The summed E-state index contributed by atoms with van der Waals surface area (Å²) in [7, 11) is 0. The van der Waals surface area contributed by atoms with Crippen molar-refractivity contribution >= 4 is 11.6 Å². The molecule has 0 aromatic heterocycles. The van der Waals surface area contributed by atoms with Crippen LogP contribution in [0.15, 0.2) is 48.5 Å². The number of amides is 1. The molecule has 5 nitrogen and oxygen atoms in total.